The van der Waals surface area contributed by atoms with Crippen LogP contribution in [0.3, 0.4) is 0 Å². The van der Waals surface area contributed by atoms with E-state index in [1.807, 2.05) is 30.9 Å². The van der Waals surface area contributed by atoms with Crippen LogP contribution in [0.4, 0.5) is 0 Å². The van der Waals surface area contributed by atoms with E-state index in [2.05, 4.69) is 6.92 Å². The van der Waals surface area contributed by atoms with E-state index in [-0.39, 0.29) is 24.0 Å². The Labute approximate surface area is 165 Å². The molecule has 0 bridgehead atoms. The Bertz CT molecular complexity index is 734. The number of morpholine rings is 1. The van der Waals surface area contributed by atoms with Gasteiger partial charge in [-0.25, -0.2) is 0 Å². The molecule has 0 aromatic heterocycles. The largest absolute Gasteiger partial charge is 0.372 e. The first-order valence-electron chi connectivity index (χ1n) is 9.69. The fourth-order valence-corrected chi connectivity index (χ4v) is 3.94. The normalized spacial score (nSPS) is 23.6. The maximum Gasteiger partial charge on any atom is 0.277 e. The van der Waals surface area contributed by atoms with Crippen LogP contribution < -0.4 is 0 Å². The van der Waals surface area contributed by atoms with Gasteiger partial charge in [-0.1, -0.05) is 43.5 Å². The van der Waals surface area contributed by atoms with Crippen LogP contribution in [-0.4, -0.2) is 53.5 Å². The van der Waals surface area contributed by atoms with Gasteiger partial charge in [-0.2, -0.15) is 0 Å². The van der Waals surface area contributed by atoms with Crippen LogP contribution in [0.2, 0.25) is 5.02 Å². The zero-order valence-electron chi connectivity index (χ0n) is 16.2. The predicted octanol–water partition coefficient (Wildman–Crippen LogP) is 3.72. The second-order valence-electron chi connectivity index (χ2n) is 7.36. The number of imide groups is 1. The Morgan fingerprint density at radius 2 is 1.67 bits per heavy atom. The van der Waals surface area contributed by atoms with Gasteiger partial charge in [-0.3, -0.25) is 14.5 Å². The SMILES string of the molecule is CCCCCN1C(=O)C(c2ccc(Cl)cc2)=C(N2CC(C)OC(C)C2)C1=O. The van der Waals surface area contributed by atoms with E-state index >= 15 is 0 Å². The van der Waals surface area contributed by atoms with Crippen molar-refractivity contribution in [2.45, 2.75) is 52.2 Å². The number of ether oxygens (including phenoxy) is 1. The highest BCUT2D eigenvalue weighted by atomic mass is 35.5. The average molecular weight is 391 g/mol. The van der Waals surface area contributed by atoms with E-state index in [1.54, 1.807) is 12.1 Å². The summed E-state index contributed by atoms with van der Waals surface area (Å²) in [5.74, 6) is -0.400. The smallest absolute Gasteiger partial charge is 0.277 e. The molecule has 2 heterocycles. The molecule has 1 fully saturated rings. The molecule has 2 aliphatic rings. The molecule has 1 saturated heterocycles. The van der Waals surface area contributed by atoms with Crippen LogP contribution in [0.5, 0.6) is 0 Å². The van der Waals surface area contributed by atoms with E-state index < -0.39 is 0 Å². The summed E-state index contributed by atoms with van der Waals surface area (Å²) >= 11 is 6.01. The molecule has 0 radical (unpaired) electrons. The molecule has 0 saturated carbocycles. The summed E-state index contributed by atoms with van der Waals surface area (Å²) in [6, 6.07) is 7.13. The van der Waals surface area contributed by atoms with E-state index in [4.69, 9.17) is 16.3 Å². The second kappa shape index (κ2) is 8.44. The molecular formula is C21H27ClN2O3. The van der Waals surface area contributed by atoms with Gasteiger partial charge in [-0.05, 0) is 38.0 Å². The highest BCUT2D eigenvalue weighted by Gasteiger charge is 2.42. The zero-order valence-corrected chi connectivity index (χ0v) is 17.0. The van der Waals surface area contributed by atoms with Gasteiger partial charge in [0.15, 0.2) is 0 Å². The zero-order chi connectivity index (χ0) is 19.6. The quantitative estimate of drug-likeness (QED) is 0.548. The maximum absolute atomic E-state index is 13.2. The number of halogens is 1. The highest BCUT2D eigenvalue weighted by molar-refractivity contribution is 6.36. The number of carbonyl (C=O) groups excluding carboxylic acids is 2. The number of amides is 2. The van der Waals surface area contributed by atoms with Gasteiger partial charge in [0.25, 0.3) is 11.8 Å². The van der Waals surface area contributed by atoms with E-state index in [0.29, 0.717) is 35.9 Å². The van der Waals surface area contributed by atoms with Crippen LogP contribution in [0.15, 0.2) is 30.0 Å². The third kappa shape index (κ3) is 4.19. The minimum atomic E-state index is -0.208. The van der Waals surface area contributed by atoms with Crippen molar-refractivity contribution in [3.63, 3.8) is 0 Å². The summed E-state index contributed by atoms with van der Waals surface area (Å²) in [5, 5.41) is 0.603. The van der Waals surface area contributed by atoms with Crippen molar-refractivity contribution in [3.05, 3.63) is 40.5 Å². The first-order valence-corrected chi connectivity index (χ1v) is 10.1. The molecule has 2 aliphatic heterocycles. The number of nitrogens with zero attached hydrogens (tertiary/aromatic N) is 2. The minimum Gasteiger partial charge on any atom is -0.372 e. The second-order valence-corrected chi connectivity index (χ2v) is 7.80. The van der Waals surface area contributed by atoms with Gasteiger partial charge in [-0.15, -0.1) is 0 Å². The molecule has 2 atom stereocenters. The molecule has 0 spiro atoms. The molecular weight excluding hydrogens is 364 g/mol. The third-order valence-corrected chi connectivity index (χ3v) is 5.25. The van der Waals surface area contributed by atoms with Crippen LogP contribution in [-0.2, 0) is 14.3 Å². The molecule has 1 aromatic carbocycles. The molecule has 2 amide bonds. The minimum absolute atomic E-state index is 0.00441. The number of rotatable bonds is 6. The standard InChI is InChI=1S/C21H27ClN2O3/c1-4-5-6-11-24-20(25)18(16-7-9-17(22)10-8-16)19(21(24)26)23-12-14(2)27-15(3)13-23/h7-10,14-15H,4-6,11-13H2,1-3H3. The van der Waals surface area contributed by atoms with Gasteiger partial charge in [0.1, 0.15) is 5.70 Å². The molecule has 0 aliphatic carbocycles. The van der Waals surface area contributed by atoms with Crippen molar-refractivity contribution in [1.29, 1.82) is 0 Å². The Kier molecular flexibility index (Phi) is 6.22. The molecule has 6 heteroatoms. The average Bonchev–Trinajstić information content (AvgIpc) is 2.86. The van der Waals surface area contributed by atoms with Crippen molar-refractivity contribution in [2.75, 3.05) is 19.6 Å². The van der Waals surface area contributed by atoms with Gasteiger partial charge in [0.05, 0.1) is 17.8 Å². The van der Waals surface area contributed by atoms with Crippen molar-refractivity contribution >= 4 is 29.0 Å². The Hall–Kier alpha value is -1.85. The third-order valence-electron chi connectivity index (χ3n) is 5.00. The van der Waals surface area contributed by atoms with Crippen LogP contribution in [0.1, 0.15) is 45.6 Å². The molecule has 1 aromatic rings. The van der Waals surface area contributed by atoms with E-state index in [9.17, 15) is 9.59 Å². The van der Waals surface area contributed by atoms with Crippen LogP contribution in [0.25, 0.3) is 5.57 Å². The van der Waals surface area contributed by atoms with Crippen molar-refractivity contribution < 1.29 is 14.3 Å². The van der Waals surface area contributed by atoms with Crippen molar-refractivity contribution in [3.8, 4) is 0 Å². The Morgan fingerprint density at radius 1 is 1.04 bits per heavy atom. The predicted molar refractivity (Wildman–Crippen MR) is 106 cm³/mol. The van der Waals surface area contributed by atoms with Crippen molar-refractivity contribution in [1.82, 2.24) is 9.80 Å². The molecule has 2 unspecified atom stereocenters. The molecule has 27 heavy (non-hydrogen) atoms. The molecule has 5 nitrogen and oxygen atoms in total. The maximum atomic E-state index is 13.2. The monoisotopic (exact) mass is 390 g/mol. The summed E-state index contributed by atoms with van der Waals surface area (Å²) in [7, 11) is 0. The number of hydrogen-bond donors (Lipinski definition) is 0. The van der Waals surface area contributed by atoms with Gasteiger partial charge in [0, 0.05) is 24.7 Å². The molecule has 146 valence electrons. The lowest BCUT2D eigenvalue weighted by Crippen LogP contribution is -2.47. The summed E-state index contributed by atoms with van der Waals surface area (Å²) in [6.45, 7) is 7.74. The number of unbranched alkanes of at least 4 members (excludes halogenated alkanes) is 2. The fourth-order valence-electron chi connectivity index (χ4n) is 3.82. The fraction of sp³-hybridized carbons (Fsp3) is 0.524. The van der Waals surface area contributed by atoms with Gasteiger partial charge >= 0.3 is 0 Å². The van der Waals surface area contributed by atoms with Gasteiger partial charge < -0.3 is 9.64 Å². The topological polar surface area (TPSA) is 49.9 Å². The number of carbonyl (C=O) groups is 2. The summed E-state index contributed by atoms with van der Waals surface area (Å²) in [5.41, 5.74) is 1.72. The summed E-state index contributed by atoms with van der Waals surface area (Å²) < 4.78 is 5.81. The Morgan fingerprint density at radius 3 is 2.26 bits per heavy atom. The Balaban J connectivity index is 1.99. The van der Waals surface area contributed by atoms with Crippen molar-refractivity contribution in [2.24, 2.45) is 0 Å². The van der Waals surface area contributed by atoms with E-state index in [0.717, 1.165) is 24.8 Å². The van der Waals surface area contributed by atoms with Gasteiger partial charge in [0.2, 0.25) is 0 Å². The lowest BCUT2D eigenvalue weighted by Gasteiger charge is -2.37. The summed E-state index contributed by atoms with van der Waals surface area (Å²) in [4.78, 5) is 29.8. The summed E-state index contributed by atoms with van der Waals surface area (Å²) in [6.07, 6.45) is 2.87. The highest BCUT2D eigenvalue weighted by Crippen LogP contribution is 2.33. The van der Waals surface area contributed by atoms with Crippen LogP contribution >= 0.6 is 11.6 Å². The number of hydrogen-bond acceptors (Lipinski definition) is 4. The first-order chi connectivity index (χ1) is 12.9. The number of benzene rings is 1. The molecule has 0 N–H and O–H groups in total. The lowest BCUT2D eigenvalue weighted by molar-refractivity contribution is -0.138. The van der Waals surface area contributed by atoms with E-state index in [1.165, 1.54) is 4.90 Å². The lowest BCUT2D eigenvalue weighted by atomic mass is 10.0. The first kappa shape index (κ1) is 19.9. The van der Waals surface area contributed by atoms with Crippen LogP contribution in [0, 0.1) is 0 Å². The molecule has 3 rings (SSSR count).